The molecule has 5 nitrogen and oxygen atoms in total. The zero-order valence-corrected chi connectivity index (χ0v) is 33.4. The van der Waals surface area contributed by atoms with Crippen molar-refractivity contribution in [2.45, 2.75) is 238 Å². The lowest BCUT2D eigenvalue weighted by Crippen LogP contribution is -2.28. The van der Waals surface area contributed by atoms with Crippen LogP contribution in [-0.2, 0) is 19.1 Å². The van der Waals surface area contributed by atoms with E-state index < -0.39 is 6.10 Å². The predicted octanol–water partition coefficient (Wildman–Crippen LogP) is 13.8. The first-order valence-electron chi connectivity index (χ1n) is 21.9. The van der Waals surface area contributed by atoms with E-state index in [1.165, 1.54) is 161 Å². The standard InChI is InChI=1S/C45H84O5/c1-3-5-7-9-11-13-15-17-19-21-22-24-25-27-29-31-33-35-37-39-44(47)49-42-43(41-46)50-45(48)40-38-36-34-32-30-28-26-23-20-18-16-14-12-10-8-6-4-2/h11,13,17,19,43,46H,3-10,12,14-16,18,20-42H2,1-2H3/b13-11-,19-17-/t43-/m0/s1. The number of ether oxygens (including phenoxy) is 2. The monoisotopic (exact) mass is 705 g/mol. The number of carbonyl (C=O) groups is 2. The highest BCUT2D eigenvalue weighted by molar-refractivity contribution is 5.70. The molecule has 0 amide bonds. The van der Waals surface area contributed by atoms with Crippen LogP contribution in [0.2, 0.25) is 0 Å². The van der Waals surface area contributed by atoms with E-state index in [1.54, 1.807) is 0 Å². The number of hydrogen-bond donors (Lipinski definition) is 1. The molecule has 0 saturated carbocycles. The van der Waals surface area contributed by atoms with E-state index >= 15 is 0 Å². The van der Waals surface area contributed by atoms with Gasteiger partial charge in [0, 0.05) is 12.8 Å². The van der Waals surface area contributed by atoms with Gasteiger partial charge in [-0.3, -0.25) is 9.59 Å². The predicted molar refractivity (Wildman–Crippen MR) is 215 cm³/mol. The maximum atomic E-state index is 12.2. The third-order valence-electron chi connectivity index (χ3n) is 9.75. The molecule has 0 bridgehead atoms. The lowest BCUT2D eigenvalue weighted by Gasteiger charge is -2.15. The number of hydrogen-bond acceptors (Lipinski definition) is 5. The molecule has 0 aromatic heterocycles. The second-order valence-electron chi connectivity index (χ2n) is 14.8. The molecule has 0 aromatic carbocycles. The van der Waals surface area contributed by atoms with Crippen LogP contribution in [0.4, 0.5) is 0 Å². The highest BCUT2D eigenvalue weighted by atomic mass is 16.6. The average molecular weight is 705 g/mol. The van der Waals surface area contributed by atoms with Gasteiger partial charge < -0.3 is 14.6 Å². The molecule has 0 aliphatic rings. The summed E-state index contributed by atoms with van der Waals surface area (Å²) < 4.78 is 10.6. The fourth-order valence-corrected chi connectivity index (χ4v) is 6.41. The van der Waals surface area contributed by atoms with Crippen LogP contribution in [0.3, 0.4) is 0 Å². The summed E-state index contributed by atoms with van der Waals surface area (Å²) in [7, 11) is 0. The largest absolute Gasteiger partial charge is 0.462 e. The first-order chi connectivity index (χ1) is 24.6. The van der Waals surface area contributed by atoms with Crippen molar-refractivity contribution in [2.75, 3.05) is 13.2 Å². The number of aliphatic hydroxyl groups is 1. The quantitative estimate of drug-likeness (QED) is 0.0390. The molecular formula is C45H84O5. The number of carbonyl (C=O) groups excluding carboxylic acids is 2. The molecule has 0 saturated heterocycles. The highest BCUT2D eigenvalue weighted by Gasteiger charge is 2.16. The molecule has 0 fully saturated rings. The van der Waals surface area contributed by atoms with Crippen molar-refractivity contribution in [2.24, 2.45) is 0 Å². The molecule has 294 valence electrons. The summed E-state index contributed by atoms with van der Waals surface area (Å²) in [6, 6.07) is 0. The molecule has 1 N–H and O–H groups in total. The van der Waals surface area contributed by atoms with E-state index in [2.05, 4.69) is 38.2 Å². The number of allylic oxidation sites excluding steroid dienone is 4. The van der Waals surface area contributed by atoms with Gasteiger partial charge in [0.15, 0.2) is 6.10 Å². The van der Waals surface area contributed by atoms with E-state index in [0.717, 1.165) is 44.9 Å². The minimum atomic E-state index is -0.768. The molecule has 0 aliphatic carbocycles. The summed E-state index contributed by atoms with van der Waals surface area (Å²) in [5.74, 6) is -0.584. The summed E-state index contributed by atoms with van der Waals surface area (Å²) >= 11 is 0. The number of aliphatic hydroxyl groups excluding tert-OH is 1. The van der Waals surface area contributed by atoms with Crippen LogP contribution in [0.25, 0.3) is 0 Å². The van der Waals surface area contributed by atoms with E-state index in [1.807, 2.05) is 0 Å². The van der Waals surface area contributed by atoms with Gasteiger partial charge in [0.2, 0.25) is 0 Å². The van der Waals surface area contributed by atoms with Gasteiger partial charge in [-0.1, -0.05) is 199 Å². The zero-order chi connectivity index (χ0) is 36.4. The summed E-state index contributed by atoms with van der Waals surface area (Å²) in [6.45, 7) is 4.13. The minimum Gasteiger partial charge on any atom is -0.462 e. The normalized spacial score (nSPS) is 12.3. The van der Waals surface area contributed by atoms with Gasteiger partial charge in [-0.15, -0.1) is 0 Å². The van der Waals surface area contributed by atoms with Crippen molar-refractivity contribution < 1.29 is 24.2 Å². The molecular weight excluding hydrogens is 620 g/mol. The second-order valence-corrected chi connectivity index (χ2v) is 14.8. The average Bonchev–Trinajstić information content (AvgIpc) is 3.12. The van der Waals surface area contributed by atoms with E-state index in [-0.39, 0.29) is 25.2 Å². The smallest absolute Gasteiger partial charge is 0.306 e. The molecule has 1 atom stereocenters. The SMILES string of the molecule is CCCCC/C=C\C/C=C\CCCCCCCCCCCC(=O)OC[C@H](CO)OC(=O)CCCCCCCCCCCCCCCCCCC. The lowest BCUT2D eigenvalue weighted by molar-refractivity contribution is -0.161. The van der Waals surface area contributed by atoms with Crippen LogP contribution in [0.15, 0.2) is 24.3 Å². The van der Waals surface area contributed by atoms with E-state index in [0.29, 0.717) is 12.8 Å². The Morgan fingerprint density at radius 3 is 1.22 bits per heavy atom. The number of rotatable bonds is 40. The third kappa shape index (κ3) is 39.2. The molecule has 0 aromatic rings. The van der Waals surface area contributed by atoms with Gasteiger partial charge in [0.1, 0.15) is 6.61 Å². The lowest BCUT2D eigenvalue weighted by atomic mass is 10.0. The zero-order valence-electron chi connectivity index (χ0n) is 33.4. The fourth-order valence-electron chi connectivity index (χ4n) is 6.41. The van der Waals surface area contributed by atoms with Gasteiger partial charge in [0.05, 0.1) is 6.61 Å². The number of unbranched alkanes of at least 4 members (excludes halogenated alkanes) is 28. The summed E-state index contributed by atoms with van der Waals surface area (Å²) in [6.07, 6.45) is 49.6. The Labute approximate surface area is 311 Å². The summed E-state index contributed by atoms with van der Waals surface area (Å²) in [4.78, 5) is 24.3. The van der Waals surface area contributed by atoms with Crippen LogP contribution in [0, 0.1) is 0 Å². The van der Waals surface area contributed by atoms with Crippen LogP contribution < -0.4 is 0 Å². The van der Waals surface area contributed by atoms with Gasteiger partial charge in [-0.05, 0) is 44.9 Å². The van der Waals surface area contributed by atoms with Gasteiger partial charge in [0.25, 0.3) is 0 Å². The van der Waals surface area contributed by atoms with E-state index in [4.69, 9.17) is 9.47 Å². The molecule has 0 aliphatic heterocycles. The number of esters is 2. The molecule has 50 heavy (non-hydrogen) atoms. The van der Waals surface area contributed by atoms with E-state index in [9.17, 15) is 14.7 Å². The minimum absolute atomic E-state index is 0.0634. The molecule has 0 radical (unpaired) electrons. The molecule has 0 spiro atoms. The third-order valence-corrected chi connectivity index (χ3v) is 9.75. The maximum Gasteiger partial charge on any atom is 0.306 e. The van der Waals surface area contributed by atoms with Crippen LogP contribution in [0.1, 0.15) is 232 Å². The van der Waals surface area contributed by atoms with Crippen LogP contribution >= 0.6 is 0 Å². The van der Waals surface area contributed by atoms with Crippen LogP contribution in [0.5, 0.6) is 0 Å². The van der Waals surface area contributed by atoms with Crippen molar-refractivity contribution in [3.8, 4) is 0 Å². The van der Waals surface area contributed by atoms with Crippen molar-refractivity contribution in [1.29, 1.82) is 0 Å². The van der Waals surface area contributed by atoms with Crippen molar-refractivity contribution in [3.05, 3.63) is 24.3 Å². The first-order valence-corrected chi connectivity index (χ1v) is 21.9. The van der Waals surface area contributed by atoms with Crippen molar-refractivity contribution in [3.63, 3.8) is 0 Å². The molecule has 5 heteroatoms. The highest BCUT2D eigenvalue weighted by Crippen LogP contribution is 2.15. The van der Waals surface area contributed by atoms with Crippen LogP contribution in [-0.4, -0.2) is 36.4 Å². The Balaban J connectivity index is 3.50. The Morgan fingerprint density at radius 2 is 0.800 bits per heavy atom. The molecule has 0 rings (SSSR count). The summed E-state index contributed by atoms with van der Waals surface area (Å²) in [5.41, 5.74) is 0. The summed E-state index contributed by atoms with van der Waals surface area (Å²) in [5, 5.41) is 9.58. The fraction of sp³-hybridized carbons (Fsp3) is 0.867. The van der Waals surface area contributed by atoms with Gasteiger partial charge in [-0.25, -0.2) is 0 Å². The topological polar surface area (TPSA) is 72.8 Å². The second kappa shape index (κ2) is 41.8. The Morgan fingerprint density at radius 1 is 0.460 bits per heavy atom. The Hall–Kier alpha value is -1.62. The Bertz CT molecular complexity index is 761. The molecule has 0 heterocycles. The van der Waals surface area contributed by atoms with Crippen molar-refractivity contribution in [1.82, 2.24) is 0 Å². The first kappa shape index (κ1) is 48.4. The van der Waals surface area contributed by atoms with Gasteiger partial charge in [-0.2, -0.15) is 0 Å². The molecule has 0 unspecified atom stereocenters. The Kier molecular flexibility index (Phi) is 40.4. The maximum absolute atomic E-state index is 12.2. The van der Waals surface area contributed by atoms with Gasteiger partial charge >= 0.3 is 11.9 Å². The van der Waals surface area contributed by atoms with Crippen molar-refractivity contribution >= 4 is 11.9 Å².